The molecule has 5 nitrogen and oxygen atoms in total. The van der Waals surface area contributed by atoms with Gasteiger partial charge in [0.1, 0.15) is 5.82 Å². The average Bonchev–Trinajstić information content (AvgIpc) is 3.06. The summed E-state index contributed by atoms with van der Waals surface area (Å²) in [6.07, 6.45) is 6.37. The van der Waals surface area contributed by atoms with Crippen molar-refractivity contribution in [3.8, 4) is 11.3 Å². The van der Waals surface area contributed by atoms with Crippen molar-refractivity contribution in [3.63, 3.8) is 0 Å². The molecule has 3 heterocycles. The predicted octanol–water partition coefficient (Wildman–Crippen LogP) is 3.16. The lowest BCUT2D eigenvalue weighted by atomic mass is 10.1. The standard InChI is InChI=1S/C18H11FN4O/c19-15-4-2-1-3-13(15)17(24)14-11-22-23-16(7-10-21-18(14)23)12-5-8-20-9-6-12/h1-11H. The van der Waals surface area contributed by atoms with Crippen LogP contribution >= 0.6 is 0 Å². The number of nitrogens with zero attached hydrogens (tertiary/aromatic N) is 4. The van der Waals surface area contributed by atoms with E-state index in [0.717, 1.165) is 11.3 Å². The summed E-state index contributed by atoms with van der Waals surface area (Å²) in [6.45, 7) is 0. The van der Waals surface area contributed by atoms with E-state index in [1.54, 1.807) is 41.3 Å². The SMILES string of the molecule is O=C(c1ccccc1F)c1cnn2c(-c3ccncc3)ccnc12. The molecule has 0 saturated heterocycles. The van der Waals surface area contributed by atoms with Gasteiger partial charge in [-0.2, -0.15) is 5.10 Å². The first kappa shape index (κ1) is 14.2. The van der Waals surface area contributed by atoms with Gasteiger partial charge in [0, 0.05) is 24.2 Å². The highest BCUT2D eigenvalue weighted by atomic mass is 19.1. The molecule has 24 heavy (non-hydrogen) atoms. The molecule has 6 heteroatoms. The van der Waals surface area contributed by atoms with E-state index >= 15 is 0 Å². The maximum atomic E-state index is 13.9. The Balaban J connectivity index is 1.88. The number of carbonyl (C=O) groups excluding carboxylic acids is 1. The fourth-order valence-corrected chi connectivity index (χ4v) is 2.58. The van der Waals surface area contributed by atoms with Crippen molar-refractivity contribution in [2.24, 2.45) is 0 Å². The minimum atomic E-state index is -0.563. The molecule has 4 rings (SSSR count). The topological polar surface area (TPSA) is 60.2 Å². The molecule has 1 aromatic carbocycles. The molecule has 4 aromatic rings. The van der Waals surface area contributed by atoms with E-state index < -0.39 is 11.6 Å². The zero-order chi connectivity index (χ0) is 16.5. The van der Waals surface area contributed by atoms with Gasteiger partial charge in [-0.3, -0.25) is 9.78 Å². The third-order valence-electron chi connectivity index (χ3n) is 3.74. The normalized spacial score (nSPS) is 10.9. The van der Waals surface area contributed by atoms with Gasteiger partial charge in [0.05, 0.1) is 23.0 Å². The number of hydrogen-bond acceptors (Lipinski definition) is 4. The van der Waals surface area contributed by atoms with Crippen LogP contribution in [0, 0.1) is 5.82 Å². The second-order valence-electron chi connectivity index (χ2n) is 5.17. The lowest BCUT2D eigenvalue weighted by Gasteiger charge is -2.05. The molecule has 0 amide bonds. The lowest BCUT2D eigenvalue weighted by molar-refractivity contribution is 0.103. The molecule has 0 radical (unpaired) electrons. The number of carbonyl (C=O) groups is 1. The predicted molar refractivity (Wildman–Crippen MR) is 86.1 cm³/mol. The summed E-state index contributed by atoms with van der Waals surface area (Å²) in [5, 5.41) is 4.26. The number of rotatable bonds is 3. The number of hydrogen-bond donors (Lipinski definition) is 0. The Labute approximate surface area is 136 Å². The molecule has 0 spiro atoms. The number of aromatic nitrogens is 4. The van der Waals surface area contributed by atoms with Crippen LogP contribution in [0.25, 0.3) is 16.9 Å². The van der Waals surface area contributed by atoms with Gasteiger partial charge in [-0.15, -0.1) is 0 Å². The molecule has 116 valence electrons. The minimum Gasteiger partial charge on any atom is -0.288 e. The van der Waals surface area contributed by atoms with Crippen LogP contribution in [0.5, 0.6) is 0 Å². The largest absolute Gasteiger partial charge is 0.288 e. The van der Waals surface area contributed by atoms with E-state index in [1.165, 1.54) is 18.3 Å². The minimum absolute atomic E-state index is 0.00325. The Morgan fingerprint density at radius 2 is 1.75 bits per heavy atom. The Morgan fingerprint density at radius 3 is 2.54 bits per heavy atom. The monoisotopic (exact) mass is 318 g/mol. The van der Waals surface area contributed by atoms with E-state index in [1.807, 2.05) is 12.1 Å². The molecule has 3 aromatic heterocycles. The highest BCUT2D eigenvalue weighted by Crippen LogP contribution is 2.22. The van der Waals surface area contributed by atoms with Crippen LogP contribution in [-0.2, 0) is 0 Å². The quantitative estimate of drug-likeness (QED) is 0.544. The molecule has 0 aliphatic carbocycles. The molecule has 0 aliphatic rings. The third kappa shape index (κ3) is 2.25. The average molecular weight is 318 g/mol. The molecule has 0 unspecified atom stereocenters. The first-order chi connectivity index (χ1) is 11.8. The molecule has 0 bridgehead atoms. The summed E-state index contributed by atoms with van der Waals surface area (Å²) in [7, 11) is 0. The number of pyridine rings is 1. The van der Waals surface area contributed by atoms with E-state index in [2.05, 4.69) is 15.1 Å². The summed E-state index contributed by atoms with van der Waals surface area (Å²) >= 11 is 0. The van der Waals surface area contributed by atoms with Gasteiger partial charge in [0.2, 0.25) is 5.78 Å². The van der Waals surface area contributed by atoms with Crippen molar-refractivity contribution in [3.05, 3.63) is 84.2 Å². The molecule has 0 saturated carbocycles. The van der Waals surface area contributed by atoms with Gasteiger partial charge in [-0.05, 0) is 30.3 Å². The number of fused-ring (bicyclic) bond motifs is 1. The van der Waals surface area contributed by atoms with Crippen LogP contribution in [0.2, 0.25) is 0 Å². The van der Waals surface area contributed by atoms with Crippen molar-refractivity contribution >= 4 is 11.4 Å². The van der Waals surface area contributed by atoms with Gasteiger partial charge in [-0.1, -0.05) is 12.1 Å². The summed E-state index contributed by atoms with van der Waals surface area (Å²) in [5.74, 6) is -1.00. The summed E-state index contributed by atoms with van der Waals surface area (Å²) in [5.41, 5.74) is 2.32. The molecule has 0 aliphatic heterocycles. The maximum Gasteiger partial charge on any atom is 0.201 e. The zero-order valence-electron chi connectivity index (χ0n) is 12.4. The molecular weight excluding hydrogens is 307 g/mol. The van der Waals surface area contributed by atoms with Gasteiger partial charge in [0.25, 0.3) is 0 Å². The van der Waals surface area contributed by atoms with Crippen LogP contribution in [0.3, 0.4) is 0 Å². The van der Waals surface area contributed by atoms with Crippen molar-refractivity contribution in [1.29, 1.82) is 0 Å². The third-order valence-corrected chi connectivity index (χ3v) is 3.74. The van der Waals surface area contributed by atoms with Crippen molar-refractivity contribution < 1.29 is 9.18 Å². The molecule has 0 fully saturated rings. The number of halogens is 1. The van der Waals surface area contributed by atoms with E-state index in [0.29, 0.717) is 5.65 Å². The van der Waals surface area contributed by atoms with Crippen molar-refractivity contribution in [2.45, 2.75) is 0 Å². The summed E-state index contributed by atoms with van der Waals surface area (Å²) in [6, 6.07) is 11.4. The van der Waals surface area contributed by atoms with E-state index in [4.69, 9.17) is 0 Å². The fraction of sp³-hybridized carbons (Fsp3) is 0. The summed E-state index contributed by atoms with van der Waals surface area (Å²) < 4.78 is 15.5. The van der Waals surface area contributed by atoms with Gasteiger partial charge in [-0.25, -0.2) is 13.9 Å². The highest BCUT2D eigenvalue weighted by molar-refractivity contribution is 6.12. The van der Waals surface area contributed by atoms with Gasteiger partial charge >= 0.3 is 0 Å². The molecule has 0 N–H and O–H groups in total. The first-order valence-electron chi connectivity index (χ1n) is 7.28. The molecular formula is C18H11FN4O. The number of benzene rings is 1. The van der Waals surface area contributed by atoms with Crippen molar-refractivity contribution in [1.82, 2.24) is 19.6 Å². The van der Waals surface area contributed by atoms with E-state index in [-0.39, 0.29) is 11.1 Å². The van der Waals surface area contributed by atoms with Gasteiger partial charge < -0.3 is 0 Å². The number of ketones is 1. The lowest BCUT2D eigenvalue weighted by Crippen LogP contribution is -2.05. The second kappa shape index (κ2) is 5.66. The van der Waals surface area contributed by atoms with Gasteiger partial charge in [0.15, 0.2) is 5.65 Å². The van der Waals surface area contributed by atoms with Crippen LogP contribution in [0.4, 0.5) is 4.39 Å². The Kier molecular flexibility index (Phi) is 3.35. The smallest absolute Gasteiger partial charge is 0.201 e. The Morgan fingerprint density at radius 1 is 0.958 bits per heavy atom. The first-order valence-corrected chi connectivity index (χ1v) is 7.28. The van der Waals surface area contributed by atoms with Crippen LogP contribution in [-0.4, -0.2) is 25.4 Å². The fourth-order valence-electron chi connectivity index (χ4n) is 2.58. The van der Waals surface area contributed by atoms with E-state index in [9.17, 15) is 9.18 Å². The zero-order valence-corrected chi connectivity index (χ0v) is 12.4. The van der Waals surface area contributed by atoms with Crippen LogP contribution < -0.4 is 0 Å². The second-order valence-corrected chi connectivity index (χ2v) is 5.17. The van der Waals surface area contributed by atoms with Crippen LogP contribution in [0.15, 0.2) is 67.3 Å². The maximum absolute atomic E-state index is 13.9. The van der Waals surface area contributed by atoms with Crippen LogP contribution in [0.1, 0.15) is 15.9 Å². The Bertz CT molecular complexity index is 1040. The molecule has 0 atom stereocenters. The van der Waals surface area contributed by atoms with Crippen molar-refractivity contribution in [2.75, 3.05) is 0 Å². The summed E-state index contributed by atoms with van der Waals surface area (Å²) in [4.78, 5) is 20.9. The Hall–Kier alpha value is -3.41. The highest BCUT2D eigenvalue weighted by Gasteiger charge is 2.20.